The van der Waals surface area contributed by atoms with Crippen LogP contribution in [0.2, 0.25) is 0 Å². The summed E-state index contributed by atoms with van der Waals surface area (Å²) in [6.45, 7) is 4.96. The van der Waals surface area contributed by atoms with Crippen molar-refractivity contribution in [2.45, 2.75) is 52.4 Å². The number of esters is 1. The summed E-state index contributed by atoms with van der Waals surface area (Å²) >= 11 is 0. The molecular weight excluding hydrogens is 368 g/mol. The van der Waals surface area contributed by atoms with E-state index in [1.807, 2.05) is 25.1 Å². The molecule has 6 nitrogen and oxygen atoms in total. The fraction of sp³-hybridized carbons (Fsp3) is 0.609. The number of carbonyl (C=O) groups is 3. The fourth-order valence-corrected chi connectivity index (χ4v) is 4.78. The van der Waals surface area contributed by atoms with E-state index in [-0.39, 0.29) is 42.0 Å². The van der Waals surface area contributed by atoms with Crippen LogP contribution >= 0.6 is 0 Å². The zero-order chi connectivity index (χ0) is 21.0. The topological polar surface area (TPSA) is 75.7 Å². The van der Waals surface area contributed by atoms with Gasteiger partial charge in [0.05, 0.1) is 18.9 Å². The van der Waals surface area contributed by atoms with E-state index in [2.05, 4.69) is 12.2 Å². The minimum Gasteiger partial charge on any atom is -0.469 e. The van der Waals surface area contributed by atoms with E-state index >= 15 is 0 Å². The first kappa shape index (κ1) is 21.3. The lowest BCUT2D eigenvalue weighted by molar-refractivity contribution is -0.148. The van der Waals surface area contributed by atoms with Crippen LogP contribution in [0.25, 0.3) is 0 Å². The Labute approximate surface area is 173 Å². The number of nitrogens with one attached hydrogen (secondary N) is 1. The molecule has 1 N–H and O–H groups in total. The molecule has 0 aromatic heterocycles. The second-order valence-electron chi connectivity index (χ2n) is 8.26. The van der Waals surface area contributed by atoms with E-state index in [0.717, 1.165) is 48.9 Å². The highest BCUT2D eigenvalue weighted by Crippen LogP contribution is 2.33. The second kappa shape index (κ2) is 9.42. The van der Waals surface area contributed by atoms with Crippen molar-refractivity contribution in [1.82, 2.24) is 5.32 Å². The molecule has 6 heteroatoms. The highest BCUT2D eigenvalue weighted by molar-refractivity contribution is 6.01. The first-order valence-electron chi connectivity index (χ1n) is 10.7. The molecule has 1 aliphatic carbocycles. The van der Waals surface area contributed by atoms with Gasteiger partial charge in [0.15, 0.2) is 0 Å². The van der Waals surface area contributed by atoms with Crippen molar-refractivity contribution < 1.29 is 19.1 Å². The number of methoxy groups -OCH3 is 1. The van der Waals surface area contributed by atoms with Crippen molar-refractivity contribution in [3.8, 4) is 0 Å². The zero-order valence-electron chi connectivity index (χ0n) is 17.7. The van der Waals surface area contributed by atoms with Crippen LogP contribution in [0.1, 0.15) is 50.2 Å². The summed E-state index contributed by atoms with van der Waals surface area (Å²) in [6, 6.07) is 6.05. The lowest BCUT2D eigenvalue weighted by Crippen LogP contribution is -2.40. The van der Waals surface area contributed by atoms with Gasteiger partial charge < -0.3 is 15.0 Å². The monoisotopic (exact) mass is 400 g/mol. The maximum Gasteiger partial charge on any atom is 0.309 e. The average Bonchev–Trinajstić information content (AvgIpc) is 3.12. The summed E-state index contributed by atoms with van der Waals surface area (Å²) in [5.41, 5.74) is 3.14. The summed E-state index contributed by atoms with van der Waals surface area (Å²) in [7, 11) is 1.42. The van der Waals surface area contributed by atoms with Crippen LogP contribution in [0.4, 0.5) is 5.69 Å². The van der Waals surface area contributed by atoms with E-state index in [1.165, 1.54) is 7.11 Å². The molecule has 2 amide bonds. The highest BCUT2D eigenvalue weighted by Gasteiger charge is 2.37. The summed E-state index contributed by atoms with van der Waals surface area (Å²) in [5.74, 6) is -0.669. The Morgan fingerprint density at radius 3 is 2.72 bits per heavy atom. The number of hydrogen-bond acceptors (Lipinski definition) is 4. The van der Waals surface area contributed by atoms with Gasteiger partial charge in [-0.05, 0) is 43.2 Å². The molecule has 1 aromatic carbocycles. The molecule has 29 heavy (non-hydrogen) atoms. The minimum absolute atomic E-state index is 0.000691. The number of anilines is 1. The molecule has 158 valence electrons. The SMILES string of the molecule is CCc1cccc(C)c1N1CC(C(=O)NCC2CCCCC2C(=O)OC)CC1=O. The number of hydrogen-bond donors (Lipinski definition) is 1. The quantitative estimate of drug-likeness (QED) is 0.745. The van der Waals surface area contributed by atoms with Gasteiger partial charge in [-0.3, -0.25) is 14.4 Å². The number of rotatable bonds is 6. The van der Waals surface area contributed by atoms with Crippen molar-refractivity contribution in [2.75, 3.05) is 25.1 Å². The Bertz CT molecular complexity index is 776. The van der Waals surface area contributed by atoms with Crippen molar-refractivity contribution in [1.29, 1.82) is 0 Å². The molecule has 2 fully saturated rings. The minimum atomic E-state index is -0.355. The van der Waals surface area contributed by atoms with Crippen LogP contribution in [0.5, 0.6) is 0 Å². The molecule has 1 heterocycles. The highest BCUT2D eigenvalue weighted by atomic mass is 16.5. The summed E-state index contributed by atoms with van der Waals surface area (Å²) in [5, 5.41) is 3.01. The number of para-hydroxylation sites is 1. The predicted octanol–water partition coefficient (Wildman–Crippen LogP) is 3.01. The summed E-state index contributed by atoms with van der Waals surface area (Å²) < 4.78 is 4.93. The van der Waals surface area contributed by atoms with Crippen LogP contribution in [0.3, 0.4) is 0 Å². The van der Waals surface area contributed by atoms with Gasteiger partial charge in [0.2, 0.25) is 11.8 Å². The Balaban J connectivity index is 1.63. The van der Waals surface area contributed by atoms with Crippen LogP contribution < -0.4 is 10.2 Å². The molecular formula is C23H32N2O4. The molecule has 1 saturated carbocycles. The van der Waals surface area contributed by atoms with Crippen molar-refractivity contribution >= 4 is 23.5 Å². The van der Waals surface area contributed by atoms with Crippen molar-refractivity contribution in [3.05, 3.63) is 29.3 Å². The standard InChI is InChI=1S/C23H32N2O4/c1-4-16-10-7-8-15(2)21(16)25-14-18(12-20(25)26)22(27)24-13-17-9-5-6-11-19(17)23(28)29-3/h7-8,10,17-19H,4-6,9,11-14H2,1-3H3,(H,24,27). The normalized spacial score (nSPS) is 24.4. The van der Waals surface area contributed by atoms with E-state index in [0.29, 0.717) is 13.1 Å². The smallest absolute Gasteiger partial charge is 0.309 e. The Kier molecular flexibility index (Phi) is 6.93. The number of ether oxygens (including phenoxy) is 1. The lowest BCUT2D eigenvalue weighted by Gasteiger charge is -2.30. The third-order valence-corrected chi connectivity index (χ3v) is 6.42. The maximum absolute atomic E-state index is 12.8. The number of benzene rings is 1. The number of amides is 2. The van der Waals surface area contributed by atoms with Crippen LogP contribution in [0.15, 0.2) is 18.2 Å². The van der Waals surface area contributed by atoms with Gasteiger partial charge in [0.1, 0.15) is 0 Å². The van der Waals surface area contributed by atoms with E-state index in [1.54, 1.807) is 4.90 Å². The summed E-state index contributed by atoms with van der Waals surface area (Å²) in [4.78, 5) is 39.3. The lowest BCUT2D eigenvalue weighted by atomic mass is 9.79. The van der Waals surface area contributed by atoms with Gasteiger partial charge in [0, 0.05) is 25.2 Å². The molecule has 0 spiro atoms. The predicted molar refractivity (Wildman–Crippen MR) is 111 cm³/mol. The Morgan fingerprint density at radius 1 is 1.24 bits per heavy atom. The van der Waals surface area contributed by atoms with Crippen molar-refractivity contribution in [3.63, 3.8) is 0 Å². The molecule has 1 aromatic rings. The molecule has 3 rings (SSSR count). The van der Waals surface area contributed by atoms with E-state index < -0.39 is 0 Å². The first-order valence-corrected chi connectivity index (χ1v) is 10.7. The zero-order valence-corrected chi connectivity index (χ0v) is 17.7. The van der Waals surface area contributed by atoms with E-state index in [4.69, 9.17) is 4.74 Å². The van der Waals surface area contributed by atoms with Crippen LogP contribution in [-0.4, -0.2) is 38.0 Å². The van der Waals surface area contributed by atoms with Crippen LogP contribution in [0, 0.1) is 24.7 Å². The van der Waals surface area contributed by atoms with Gasteiger partial charge in [-0.2, -0.15) is 0 Å². The molecule has 1 saturated heterocycles. The van der Waals surface area contributed by atoms with E-state index in [9.17, 15) is 14.4 Å². The molecule has 3 atom stereocenters. The largest absolute Gasteiger partial charge is 0.469 e. The average molecular weight is 401 g/mol. The number of nitrogens with zero attached hydrogens (tertiary/aromatic N) is 1. The first-order chi connectivity index (χ1) is 14.0. The molecule has 0 bridgehead atoms. The summed E-state index contributed by atoms with van der Waals surface area (Å²) in [6.07, 6.45) is 4.89. The Morgan fingerprint density at radius 2 is 2.00 bits per heavy atom. The molecule has 0 radical (unpaired) electrons. The second-order valence-corrected chi connectivity index (χ2v) is 8.26. The fourth-order valence-electron chi connectivity index (χ4n) is 4.78. The van der Waals surface area contributed by atoms with Gasteiger partial charge in [-0.1, -0.05) is 38.0 Å². The Hall–Kier alpha value is -2.37. The van der Waals surface area contributed by atoms with Gasteiger partial charge in [0.25, 0.3) is 0 Å². The van der Waals surface area contributed by atoms with Gasteiger partial charge in [-0.25, -0.2) is 0 Å². The van der Waals surface area contributed by atoms with Crippen LogP contribution in [-0.2, 0) is 25.5 Å². The molecule has 1 aliphatic heterocycles. The maximum atomic E-state index is 12.8. The number of aryl methyl sites for hydroxylation is 2. The number of carbonyl (C=O) groups excluding carboxylic acids is 3. The third kappa shape index (κ3) is 4.62. The van der Waals surface area contributed by atoms with Gasteiger partial charge in [-0.15, -0.1) is 0 Å². The van der Waals surface area contributed by atoms with Crippen molar-refractivity contribution in [2.24, 2.45) is 17.8 Å². The molecule has 3 unspecified atom stereocenters. The third-order valence-electron chi connectivity index (χ3n) is 6.42. The van der Waals surface area contributed by atoms with Gasteiger partial charge >= 0.3 is 5.97 Å². The molecule has 2 aliphatic rings.